The smallest absolute Gasteiger partial charge is 0.352 e. The first kappa shape index (κ1) is 18.6. The van der Waals surface area contributed by atoms with Crippen LogP contribution in [0.15, 0.2) is 12.1 Å². The summed E-state index contributed by atoms with van der Waals surface area (Å²) in [6.07, 6.45) is -2.64. The van der Waals surface area contributed by atoms with E-state index in [1.54, 1.807) is 19.1 Å². The summed E-state index contributed by atoms with van der Waals surface area (Å²) in [6.45, 7) is 1.74. The predicted molar refractivity (Wildman–Crippen MR) is 87.2 cm³/mol. The zero-order valence-corrected chi connectivity index (χ0v) is 14.3. The van der Waals surface area contributed by atoms with Gasteiger partial charge in [-0.2, -0.15) is 0 Å². The van der Waals surface area contributed by atoms with E-state index in [1.807, 2.05) is 0 Å². The number of benzene rings is 1. The lowest BCUT2D eigenvalue weighted by Crippen LogP contribution is -2.03. The first-order chi connectivity index (χ1) is 11.9. The Morgan fingerprint density at radius 3 is 2.24 bits per heavy atom. The molecular formula is C17H19F2NO5. The third kappa shape index (κ3) is 3.11. The second kappa shape index (κ2) is 7.42. The number of carboxylic acids is 1. The number of halogens is 2. The molecule has 0 bridgehead atoms. The fourth-order valence-corrected chi connectivity index (χ4v) is 2.83. The van der Waals surface area contributed by atoms with Gasteiger partial charge in [0.2, 0.25) is 5.75 Å². The monoisotopic (exact) mass is 355 g/mol. The van der Waals surface area contributed by atoms with Crippen LogP contribution in [0.5, 0.6) is 17.2 Å². The highest BCUT2D eigenvalue weighted by atomic mass is 19.3. The van der Waals surface area contributed by atoms with Crippen molar-refractivity contribution in [2.24, 2.45) is 0 Å². The summed E-state index contributed by atoms with van der Waals surface area (Å²) < 4.78 is 43.2. The van der Waals surface area contributed by atoms with E-state index in [0.29, 0.717) is 23.4 Å². The van der Waals surface area contributed by atoms with Crippen molar-refractivity contribution in [2.45, 2.75) is 19.8 Å². The number of ether oxygens (including phenoxy) is 3. The first-order valence-electron chi connectivity index (χ1n) is 7.46. The predicted octanol–water partition coefficient (Wildman–Crippen LogP) is 3.91. The Balaban J connectivity index is 2.88. The van der Waals surface area contributed by atoms with E-state index in [0.717, 1.165) is 0 Å². The highest BCUT2D eigenvalue weighted by molar-refractivity contribution is 5.93. The van der Waals surface area contributed by atoms with Crippen molar-refractivity contribution in [1.82, 2.24) is 4.98 Å². The van der Waals surface area contributed by atoms with Crippen molar-refractivity contribution in [1.29, 1.82) is 0 Å². The molecule has 136 valence electrons. The number of aromatic carboxylic acids is 1. The summed E-state index contributed by atoms with van der Waals surface area (Å²) in [7, 11) is 4.22. The SMILES string of the molecule is CCc1[nH]c(C(=O)O)c(C(F)F)c1-c1ccc(OC)c(OC)c1OC. The zero-order valence-electron chi connectivity index (χ0n) is 14.3. The number of methoxy groups -OCH3 is 3. The van der Waals surface area contributed by atoms with Gasteiger partial charge in [0.1, 0.15) is 5.69 Å². The van der Waals surface area contributed by atoms with E-state index < -0.39 is 23.7 Å². The molecule has 8 heteroatoms. The minimum atomic E-state index is -2.98. The summed E-state index contributed by atoms with van der Waals surface area (Å²) >= 11 is 0. The molecule has 0 unspecified atom stereocenters. The van der Waals surface area contributed by atoms with Crippen LogP contribution in [0, 0.1) is 0 Å². The van der Waals surface area contributed by atoms with E-state index in [1.165, 1.54) is 21.3 Å². The van der Waals surface area contributed by atoms with Gasteiger partial charge in [0, 0.05) is 16.8 Å². The van der Waals surface area contributed by atoms with E-state index in [4.69, 9.17) is 14.2 Å². The molecule has 2 aromatic rings. The van der Waals surface area contributed by atoms with Crippen molar-refractivity contribution in [2.75, 3.05) is 21.3 Å². The fraction of sp³-hybridized carbons (Fsp3) is 0.353. The van der Waals surface area contributed by atoms with Crippen LogP contribution in [0.1, 0.15) is 35.1 Å². The van der Waals surface area contributed by atoms with Gasteiger partial charge in [-0.15, -0.1) is 0 Å². The van der Waals surface area contributed by atoms with E-state index in [2.05, 4.69) is 4.98 Å². The Kier molecular flexibility index (Phi) is 5.51. The summed E-state index contributed by atoms with van der Waals surface area (Å²) in [6, 6.07) is 3.10. The Labute approximate surface area is 143 Å². The Morgan fingerprint density at radius 1 is 1.16 bits per heavy atom. The molecule has 1 heterocycles. The van der Waals surface area contributed by atoms with Gasteiger partial charge in [-0.05, 0) is 18.6 Å². The van der Waals surface area contributed by atoms with E-state index in [9.17, 15) is 18.7 Å². The van der Waals surface area contributed by atoms with Crippen molar-refractivity contribution < 1.29 is 32.9 Å². The average molecular weight is 355 g/mol. The molecule has 2 N–H and O–H groups in total. The number of H-pyrrole nitrogens is 1. The third-order valence-corrected chi connectivity index (χ3v) is 3.88. The molecule has 0 aliphatic heterocycles. The minimum Gasteiger partial charge on any atom is -0.493 e. The molecule has 0 saturated carbocycles. The summed E-state index contributed by atoms with van der Waals surface area (Å²) in [5, 5.41) is 9.26. The Bertz CT molecular complexity index is 786. The molecule has 0 amide bonds. The average Bonchev–Trinajstić information content (AvgIpc) is 3.00. The van der Waals surface area contributed by atoms with Crippen LogP contribution in [0.4, 0.5) is 8.78 Å². The Morgan fingerprint density at radius 2 is 1.80 bits per heavy atom. The van der Waals surface area contributed by atoms with Gasteiger partial charge >= 0.3 is 5.97 Å². The molecule has 0 atom stereocenters. The number of alkyl halides is 2. The van der Waals surface area contributed by atoms with Crippen molar-refractivity contribution in [3.63, 3.8) is 0 Å². The normalized spacial score (nSPS) is 10.8. The number of aryl methyl sites for hydroxylation is 1. The topological polar surface area (TPSA) is 80.8 Å². The number of nitrogens with one attached hydrogen (secondary N) is 1. The molecule has 0 radical (unpaired) electrons. The molecule has 1 aromatic carbocycles. The molecule has 0 saturated heterocycles. The van der Waals surface area contributed by atoms with Crippen LogP contribution < -0.4 is 14.2 Å². The molecule has 0 aliphatic carbocycles. The largest absolute Gasteiger partial charge is 0.493 e. The van der Waals surface area contributed by atoms with Crippen LogP contribution in [-0.4, -0.2) is 37.4 Å². The van der Waals surface area contributed by atoms with Gasteiger partial charge in [-0.1, -0.05) is 6.92 Å². The lowest BCUT2D eigenvalue weighted by atomic mass is 9.97. The van der Waals surface area contributed by atoms with Gasteiger partial charge < -0.3 is 24.3 Å². The van der Waals surface area contributed by atoms with Crippen LogP contribution in [-0.2, 0) is 6.42 Å². The van der Waals surface area contributed by atoms with Crippen LogP contribution in [0.2, 0.25) is 0 Å². The van der Waals surface area contributed by atoms with Crippen LogP contribution in [0.3, 0.4) is 0 Å². The van der Waals surface area contributed by atoms with Gasteiger partial charge in [0.25, 0.3) is 6.43 Å². The van der Waals surface area contributed by atoms with Crippen LogP contribution >= 0.6 is 0 Å². The first-order valence-corrected chi connectivity index (χ1v) is 7.46. The van der Waals surface area contributed by atoms with Crippen molar-refractivity contribution >= 4 is 5.97 Å². The molecule has 25 heavy (non-hydrogen) atoms. The number of carboxylic acid groups (broad SMARTS) is 1. The molecular weight excluding hydrogens is 336 g/mol. The standard InChI is InChI=1S/C17H19F2NO5/c1-5-9-11(12(16(18)19)13(20-9)17(21)22)8-6-7-10(23-2)15(25-4)14(8)24-3/h6-7,16,20H,5H2,1-4H3,(H,21,22). The number of hydrogen-bond donors (Lipinski definition) is 2. The maximum absolute atomic E-state index is 13.7. The molecule has 1 aromatic heterocycles. The maximum atomic E-state index is 13.7. The lowest BCUT2D eigenvalue weighted by molar-refractivity contribution is 0.0679. The van der Waals surface area contributed by atoms with Gasteiger partial charge in [0.05, 0.1) is 26.9 Å². The quantitative estimate of drug-likeness (QED) is 0.787. The van der Waals surface area contributed by atoms with Gasteiger partial charge in [-0.25, -0.2) is 13.6 Å². The minimum absolute atomic E-state index is 0.104. The lowest BCUT2D eigenvalue weighted by Gasteiger charge is -2.17. The second-order valence-corrected chi connectivity index (χ2v) is 5.11. The molecule has 2 rings (SSSR count). The fourth-order valence-electron chi connectivity index (χ4n) is 2.83. The van der Waals surface area contributed by atoms with Crippen molar-refractivity contribution in [3.8, 4) is 28.4 Å². The molecule has 0 aliphatic rings. The second-order valence-electron chi connectivity index (χ2n) is 5.11. The number of rotatable bonds is 7. The maximum Gasteiger partial charge on any atom is 0.352 e. The number of aromatic nitrogens is 1. The van der Waals surface area contributed by atoms with Gasteiger partial charge in [0.15, 0.2) is 11.5 Å². The van der Waals surface area contributed by atoms with Gasteiger partial charge in [-0.3, -0.25) is 0 Å². The van der Waals surface area contributed by atoms with Crippen LogP contribution in [0.25, 0.3) is 11.1 Å². The summed E-state index contributed by atoms with van der Waals surface area (Å²) in [5.74, 6) is -0.651. The molecule has 6 nitrogen and oxygen atoms in total. The molecule has 0 fully saturated rings. The zero-order chi connectivity index (χ0) is 18.7. The highest BCUT2D eigenvalue weighted by Gasteiger charge is 2.31. The van der Waals surface area contributed by atoms with Crippen molar-refractivity contribution in [3.05, 3.63) is 29.1 Å². The van der Waals surface area contributed by atoms with E-state index >= 15 is 0 Å². The number of aromatic amines is 1. The summed E-state index contributed by atoms with van der Waals surface area (Å²) in [5.41, 5.74) is -0.324. The third-order valence-electron chi connectivity index (χ3n) is 3.88. The Hall–Kier alpha value is -2.77. The summed E-state index contributed by atoms with van der Waals surface area (Å²) in [4.78, 5) is 14.0. The van der Waals surface area contributed by atoms with E-state index in [-0.39, 0.29) is 17.1 Å². The highest BCUT2D eigenvalue weighted by Crippen LogP contribution is 2.48. The molecule has 0 spiro atoms. The number of carbonyl (C=O) groups is 1. The number of hydrogen-bond acceptors (Lipinski definition) is 4.